The maximum Gasteiger partial charge on any atom is 0.297 e. The Morgan fingerprint density at radius 1 is 1.32 bits per heavy atom. The van der Waals surface area contributed by atoms with Crippen LogP contribution in [-0.4, -0.2) is 26.7 Å². The monoisotopic (exact) mass is 282 g/mol. The molecule has 0 radical (unpaired) electrons. The molecule has 1 aromatic carbocycles. The van der Waals surface area contributed by atoms with Gasteiger partial charge in [-0.1, -0.05) is 30.5 Å². The SMILES string of the molecule is Cc1ccc(S(=O)(=O)OCC23CCCCC2O3)cc1. The van der Waals surface area contributed by atoms with Crippen molar-refractivity contribution >= 4 is 10.1 Å². The molecule has 1 aromatic rings. The van der Waals surface area contributed by atoms with Crippen molar-refractivity contribution < 1.29 is 17.3 Å². The van der Waals surface area contributed by atoms with Crippen molar-refractivity contribution in [2.75, 3.05) is 6.61 Å². The van der Waals surface area contributed by atoms with Crippen LogP contribution in [-0.2, 0) is 19.0 Å². The van der Waals surface area contributed by atoms with Crippen molar-refractivity contribution in [2.24, 2.45) is 0 Å². The normalized spacial score (nSPS) is 29.8. The Bertz CT molecular complexity index is 564. The number of benzene rings is 1. The fraction of sp³-hybridized carbons (Fsp3) is 0.571. The number of aryl methyl sites for hydroxylation is 1. The van der Waals surface area contributed by atoms with E-state index < -0.39 is 10.1 Å². The van der Waals surface area contributed by atoms with Gasteiger partial charge in [-0.3, -0.25) is 4.18 Å². The van der Waals surface area contributed by atoms with Gasteiger partial charge in [0.1, 0.15) is 5.60 Å². The molecule has 3 rings (SSSR count). The summed E-state index contributed by atoms with van der Waals surface area (Å²) < 4.78 is 35.0. The maximum atomic E-state index is 12.1. The lowest BCUT2D eigenvalue weighted by Crippen LogP contribution is -2.27. The van der Waals surface area contributed by atoms with Gasteiger partial charge in [0.05, 0.1) is 17.6 Å². The van der Waals surface area contributed by atoms with Gasteiger partial charge >= 0.3 is 0 Å². The molecule has 0 N–H and O–H groups in total. The third kappa shape index (κ3) is 2.55. The summed E-state index contributed by atoms with van der Waals surface area (Å²) in [6, 6.07) is 6.69. The summed E-state index contributed by atoms with van der Waals surface area (Å²) in [6.07, 6.45) is 4.38. The highest BCUT2D eigenvalue weighted by Gasteiger charge is 2.57. The lowest BCUT2D eigenvalue weighted by atomic mass is 9.90. The van der Waals surface area contributed by atoms with Crippen molar-refractivity contribution in [3.8, 4) is 0 Å². The van der Waals surface area contributed by atoms with E-state index in [0.717, 1.165) is 31.2 Å². The molecule has 0 bridgehead atoms. The van der Waals surface area contributed by atoms with Crippen molar-refractivity contribution in [3.05, 3.63) is 29.8 Å². The van der Waals surface area contributed by atoms with E-state index in [4.69, 9.17) is 8.92 Å². The second-order valence-electron chi connectivity index (χ2n) is 5.45. The molecule has 5 heteroatoms. The van der Waals surface area contributed by atoms with E-state index in [9.17, 15) is 8.42 Å². The molecule has 1 aliphatic carbocycles. The topological polar surface area (TPSA) is 55.9 Å². The first-order valence-corrected chi connectivity index (χ1v) is 8.07. The molecule has 2 atom stereocenters. The van der Waals surface area contributed by atoms with E-state index in [-0.39, 0.29) is 23.2 Å². The zero-order chi connectivity index (χ0) is 13.5. The van der Waals surface area contributed by atoms with Gasteiger partial charge in [-0.25, -0.2) is 0 Å². The van der Waals surface area contributed by atoms with E-state index in [1.807, 2.05) is 6.92 Å². The van der Waals surface area contributed by atoms with Gasteiger partial charge in [-0.15, -0.1) is 0 Å². The second-order valence-corrected chi connectivity index (χ2v) is 7.06. The minimum atomic E-state index is -3.67. The van der Waals surface area contributed by atoms with Crippen LogP contribution in [0, 0.1) is 6.92 Å². The summed E-state index contributed by atoms with van der Waals surface area (Å²) >= 11 is 0. The van der Waals surface area contributed by atoms with Crippen LogP contribution in [0.4, 0.5) is 0 Å². The fourth-order valence-corrected chi connectivity index (χ4v) is 3.65. The number of rotatable bonds is 4. The molecule has 2 unspecified atom stereocenters. The van der Waals surface area contributed by atoms with Gasteiger partial charge in [0, 0.05) is 0 Å². The molecular weight excluding hydrogens is 264 g/mol. The highest BCUT2D eigenvalue weighted by atomic mass is 32.2. The standard InChI is InChI=1S/C14H18O4S/c1-11-5-7-12(8-6-11)19(15,16)17-10-14-9-3-2-4-13(14)18-14/h5-8,13H,2-4,9-10H2,1H3. The number of hydrogen-bond donors (Lipinski definition) is 0. The smallest absolute Gasteiger partial charge is 0.297 e. The minimum absolute atomic E-state index is 0.147. The van der Waals surface area contributed by atoms with Crippen LogP contribution in [0.15, 0.2) is 29.2 Å². The molecule has 0 aromatic heterocycles. The number of fused-ring (bicyclic) bond motifs is 1. The van der Waals surface area contributed by atoms with Crippen LogP contribution in [0.2, 0.25) is 0 Å². The number of ether oxygens (including phenoxy) is 1. The Balaban J connectivity index is 1.67. The van der Waals surface area contributed by atoms with E-state index >= 15 is 0 Å². The fourth-order valence-electron chi connectivity index (χ4n) is 2.69. The Morgan fingerprint density at radius 3 is 2.74 bits per heavy atom. The summed E-state index contributed by atoms with van der Waals surface area (Å²) in [4.78, 5) is 0.211. The predicted molar refractivity (Wildman–Crippen MR) is 70.4 cm³/mol. The highest BCUT2D eigenvalue weighted by Crippen LogP contribution is 2.48. The first-order valence-electron chi connectivity index (χ1n) is 6.66. The van der Waals surface area contributed by atoms with E-state index in [0.29, 0.717) is 0 Å². The Hall–Kier alpha value is -0.910. The summed E-state index contributed by atoms with van der Waals surface area (Å²) in [5, 5.41) is 0. The number of hydrogen-bond acceptors (Lipinski definition) is 4. The molecule has 0 spiro atoms. The van der Waals surface area contributed by atoms with Crippen molar-refractivity contribution in [1.82, 2.24) is 0 Å². The van der Waals surface area contributed by atoms with Crippen molar-refractivity contribution in [2.45, 2.75) is 49.2 Å². The summed E-state index contributed by atoms with van der Waals surface area (Å²) in [5.41, 5.74) is 0.700. The Kier molecular flexibility index (Phi) is 3.15. The summed E-state index contributed by atoms with van der Waals surface area (Å²) in [7, 11) is -3.67. The molecule has 1 saturated carbocycles. The molecular formula is C14H18O4S. The van der Waals surface area contributed by atoms with E-state index in [1.54, 1.807) is 24.3 Å². The molecule has 2 fully saturated rings. The quantitative estimate of drug-likeness (QED) is 0.628. The van der Waals surface area contributed by atoms with Crippen molar-refractivity contribution in [3.63, 3.8) is 0 Å². The third-order valence-corrected chi connectivity index (χ3v) is 5.27. The average molecular weight is 282 g/mol. The van der Waals surface area contributed by atoms with Gasteiger partial charge in [0.25, 0.3) is 10.1 Å². The number of epoxide rings is 1. The van der Waals surface area contributed by atoms with Gasteiger partial charge in [0.15, 0.2) is 0 Å². The van der Waals surface area contributed by atoms with Gasteiger partial charge in [-0.2, -0.15) is 8.42 Å². The first-order chi connectivity index (χ1) is 9.02. The summed E-state index contributed by atoms with van der Waals surface area (Å²) in [5.74, 6) is 0. The van der Waals surface area contributed by atoms with Crippen LogP contribution in [0.1, 0.15) is 31.2 Å². The van der Waals surface area contributed by atoms with Crippen LogP contribution >= 0.6 is 0 Å². The van der Waals surface area contributed by atoms with Crippen LogP contribution in [0.5, 0.6) is 0 Å². The molecule has 0 amide bonds. The molecule has 1 saturated heterocycles. The predicted octanol–water partition coefficient (Wildman–Crippen LogP) is 2.41. The highest BCUT2D eigenvalue weighted by molar-refractivity contribution is 7.86. The Labute approximate surface area is 113 Å². The van der Waals surface area contributed by atoms with Crippen molar-refractivity contribution in [1.29, 1.82) is 0 Å². The summed E-state index contributed by atoms with van der Waals surface area (Å²) in [6.45, 7) is 2.06. The Morgan fingerprint density at radius 2 is 2.05 bits per heavy atom. The lowest BCUT2D eigenvalue weighted by molar-refractivity contribution is 0.183. The minimum Gasteiger partial charge on any atom is -0.363 e. The first kappa shape index (κ1) is 13.1. The zero-order valence-electron chi connectivity index (χ0n) is 11.0. The molecule has 104 valence electrons. The second kappa shape index (κ2) is 4.58. The van der Waals surface area contributed by atoms with Crippen LogP contribution in [0.3, 0.4) is 0 Å². The maximum absolute atomic E-state index is 12.1. The largest absolute Gasteiger partial charge is 0.363 e. The van der Waals surface area contributed by atoms with Crippen LogP contribution < -0.4 is 0 Å². The molecule has 1 aliphatic heterocycles. The lowest BCUT2D eigenvalue weighted by Gasteiger charge is -2.16. The van der Waals surface area contributed by atoms with Crippen LogP contribution in [0.25, 0.3) is 0 Å². The van der Waals surface area contributed by atoms with E-state index in [2.05, 4.69) is 0 Å². The molecule has 19 heavy (non-hydrogen) atoms. The molecule has 1 heterocycles. The van der Waals surface area contributed by atoms with Gasteiger partial charge in [-0.05, 0) is 31.9 Å². The zero-order valence-corrected chi connectivity index (χ0v) is 11.8. The van der Waals surface area contributed by atoms with Gasteiger partial charge < -0.3 is 4.74 Å². The molecule has 2 aliphatic rings. The molecule has 4 nitrogen and oxygen atoms in total. The average Bonchev–Trinajstić information content (AvgIpc) is 3.12. The van der Waals surface area contributed by atoms with Gasteiger partial charge in [0.2, 0.25) is 0 Å². The third-order valence-electron chi connectivity index (χ3n) is 3.99. The van der Waals surface area contributed by atoms with E-state index in [1.165, 1.54) is 0 Å².